The molecule has 12 aromatic rings. The smallest absolute Gasteiger partial charge is 0.137 e. The Balaban J connectivity index is 1.04. The molecule has 0 N–H and O–H groups in total. The Kier molecular flexibility index (Phi) is 16.0. The quantitative estimate of drug-likeness (QED) is 0.129. The maximum atomic E-state index is 9.53. The van der Waals surface area contributed by atoms with Crippen molar-refractivity contribution in [3.63, 3.8) is 0 Å². The van der Waals surface area contributed by atoms with Crippen molar-refractivity contribution in [1.82, 2.24) is 9.55 Å². The monoisotopic (exact) mass is 1290 g/mol. The summed E-state index contributed by atoms with van der Waals surface area (Å²) in [5.41, 5.74) is 22.9. The molecule has 0 spiro atoms. The second kappa shape index (κ2) is 23.7. The molecule has 13 rings (SSSR count). The lowest BCUT2D eigenvalue weighted by Gasteiger charge is -2.40. The van der Waals surface area contributed by atoms with Crippen LogP contribution in [0.25, 0.3) is 81.2 Å². The zero-order chi connectivity index (χ0) is 69.5. The number of para-hydroxylation sites is 3. The molecule has 0 radical (unpaired) electrons. The minimum absolute atomic E-state index is 0.0868. The van der Waals surface area contributed by atoms with Gasteiger partial charge in [0.1, 0.15) is 24.0 Å². The van der Waals surface area contributed by atoms with Crippen molar-refractivity contribution in [2.45, 2.75) is 191 Å². The van der Waals surface area contributed by atoms with Crippen LogP contribution in [0.5, 0.6) is 11.5 Å². The second-order valence-corrected chi connectivity index (χ2v) is 34.9. The number of rotatable bonds is 11. The molecule has 0 atom stereocenters. The van der Waals surface area contributed by atoms with Crippen molar-refractivity contribution in [3.8, 4) is 50.7 Å². The van der Waals surface area contributed by atoms with E-state index in [1.807, 2.05) is 11.3 Å². The molecule has 3 aromatic heterocycles. The van der Waals surface area contributed by atoms with Crippen LogP contribution >= 0.6 is 11.3 Å². The van der Waals surface area contributed by atoms with Crippen LogP contribution in [-0.2, 0) is 27.1 Å². The molecule has 5 nitrogen and oxygen atoms in total. The Morgan fingerprint density at radius 3 is 1.56 bits per heavy atom. The van der Waals surface area contributed by atoms with Crippen LogP contribution in [0.3, 0.4) is 0 Å². The van der Waals surface area contributed by atoms with Gasteiger partial charge in [0.25, 0.3) is 0 Å². The van der Waals surface area contributed by atoms with Crippen LogP contribution in [0.15, 0.2) is 182 Å². The first-order chi connectivity index (χ1) is 45.5. The number of anilines is 4. The fraction of sp³-hybridized carbons (Fsp3) is 0.344. The topological polar surface area (TPSA) is 33.5 Å². The SMILES string of the molecule is [2H]c1nc(-n2c3cc(Oc4cc(-c5c(C(C)C)cccc5C(C)C)cc(N5CN(c6c(-c7cc(C(C)(C)C)cc(C(C)(C)C)c7)cccc6-c6cc(C(C)(C)C)cc(C(C)(C)C)c6)c6ccccc65)c4)ccc3c3c4sc5ccccc5c4ccc32)cc(C(C)(C)C(C)(C)C)c1C. The lowest BCUT2D eigenvalue weighted by atomic mass is 9.64. The molecular weight excluding hydrogens is 1190 g/mol. The van der Waals surface area contributed by atoms with E-state index in [9.17, 15) is 1.37 Å². The van der Waals surface area contributed by atoms with Crippen molar-refractivity contribution in [2.24, 2.45) is 5.41 Å². The minimum Gasteiger partial charge on any atom is -0.457 e. The lowest BCUT2D eigenvalue weighted by Crippen LogP contribution is -2.34. The van der Waals surface area contributed by atoms with E-state index in [-0.39, 0.29) is 50.5 Å². The number of benzene rings is 9. The summed E-state index contributed by atoms with van der Waals surface area (Å²) in [5, 5.41) is 4.78. The summed E-state index contributed by atoms with van der Waals surface area (Å²) >= 11 is 1.84. The highest BCUT2D eigenvalue weighted by Crippen LogP contribution is 2.54. The summed E-state index contributed by atoms with van der Waals surface area (Å²) in [7, 11) is 0. The van der Waals surface area contributed by atoms with Gasteiger partial charge in [-0.15, -0.1) is 11.3 Å². The number of nitrogens with zero attached hydrogens (tertiary/aromatic N) is 4. The lowest BCUT2D eigenvalue weighted by molar-refractivity contribution is 0.224. The van der Waals surface area contributed by atoms with Crippen LogP contribution < -0.4 is 14.5 Å². The van der Waals surface area contributed by atoms with Gasteiger partial charge in [0.15, 0.2) is 0 Å². The predicted molar refractivity (Wildman–Crippen MR) is 417 cm³/mol. The highest BCUT2D eigenvalue weighted by molar-refractivity contribution is 7.26. The van der Waals surface area contributed by atoms with Crippen molar-refractivity contribution in [3.05, 3.63) is 227 Å². The summed E-state index contributed by atoms with van der Waals surface area (Å²) in [6.07, 6.45) is 0.289. The first-order valence-electron chi connectivity index (χ1n) is 35.4. The van der Waals surface area contributed by atoms with Crippen LogP contribution in [0.1, 0.15) is 203 Å². The fourth-order valence-electron chi connectivity index (χ4n) is 14.4. The highest BCUT2D eigenvalue weighted by atomic mass is 32.1. The molecule has 9 aromatic carbocycles. The van der Waals surface area contributed by atoms with Gasteiger partial charge in [0.2, 0.25) is 0 Å². The van der Waals surface area contributed by atoms with Crippen molar-refractivity contribution in [1.29, 1.82) is 0 Å². The van der Waals surface area contributed by atoms with E-state index in [0.717, 1.165) is 61.7 Å². The first-order valence-corrected chi connectivity index (χ1v) is 35.7. The molecule has 0 aliphatic carbocycles. The normalized spacial score (nSPS) is 13.8. The number of hydrogen-bond acceptors (Lipinski definition) is 5. The van der Waals surface area contributed by atoms with Crippen molar-refractivity contribution >= 4 is 76.1 Å². The highest BCUT2D eigenvalue weighted by Gasteiger charge is 2.38. The Bertz CT molecular complexity index is 4910. The number of ether oxygens (including phenoxy) is 1. The van der Waals surface area contributed by atoms with Gasteiger partial charge in [0.05, 0.1) is 29.5 Å². The third-order valence-electron chi connectivity index (χ3n) is 21.1. The zero-order valence-electron chi connectivity index (χ0n) is 62.2. The molecule has 1 aliphatic heterocycles. The van der Waals surface area contributed by atoms with Gasteiger partial charge in [-0.3, -0.25) is 4.57 Å². The predicted octanol–water partition coefficient (Wildman–Crippen LogP) is 26.7. The van der Waals surface area contributed by atoms with E-state index in [2.05, 4.69) is 343 Å². The summed E-state index contributed by atoms with van der Waals surface area (Å²) in [4.78, 5) is 10.3. The average Bonchev–Trinajstić information content (AvgIpc) is 1.59. The number of aromatic nitrogens is 2. The molecular formula is C90H100N4OS. The second-order valence-electron chi connectivity index (χ2n) is 33.8. The molecule has 96 heavy (non-hydrogen) atoms. The van der Waals surface area contributed by atoms with Crippen molar-refractivity contribution in [2.75, 3.05) is 16.5 Å². The molecule has 0 fully saturated rings. The Hall–Kier alpha value is -8.45. The molecule has 0 amide bonds. The maximum Gasteiger partial charge on any atom is 0.137 e. The maximum absolute atomic E-state index is 9.53. The Morgan fingerprint density at radius 1 is 0.479 bits per heavy atom. The number of pyridine rings is 1. The number of hydrogen-bond donors (Lipinski definition) is 0. The van der Waals surface area contributed by atoms with E-state index in [1.54, 1.807) is 0 Å². The molecule has 4 heterocycles. The minimum atomic E-state index is -0.274. The molecule has 0 saturated heterocycles. The molecule has 1 aliphatic rings. The third kappa shape index (κ3) is 11.8. The number of fused-ring (bicyclic) bond motifs is 8. The molecule has 492 valence electrons. The van der Waals surface area contributed by atoms with E-state index in [4.69, 9.17) is 9.72 Å². The summed E-state index contributed by atoms with van der Waals surface area (Å²) < 4.78 is 21.9. The Morgan fingerprint density at radius 2 is 1.01 bits per heavy atom. The van der Waals surface area contributed by atoms with E-state index >= 15 is 0 Å². The number of thiophene rings is 1. The summed E-state index contributed by atoms with van der Waals surface area (Å²) in [6.45, 7) is 51.5. The van der Waals surface area contributed by atoms with Gasteiger partial charge in [0, 0.05) is 66.1 Å². The zero-order valence-corrected chi connectivity index (χ0v) is 62.0. The largest absolute Gasteiger partial charge is 0.457 e. The van der Waals surface area contributed by atoms with Crippen LogP contribution in [0.4, 0.5) is 22.7 Å². The molecule has 0 saturated carbocycles. The third-order valence-corrected chi connectivity index (χ3v) is 22.3. The van der Waals surface area contributed by atoms with Gasteiger partial charge < -0.3 is 14.5 Å². The van der Waals surface area contributed by atoms with Crippen LogP contribution in [-0.4, -0.2) is 16.2 Å². The standard InChI is InChI=1S/C90H100N4OS/c1-54(2)67-30-27-31-68(55(3)4)81(67)59-45-64(49-66(46-59)95-65-37-38-73-78(50-65)94(80-51-74(56(5)52-91-80)90(21,22)89(18,19)20)77-40-39-72-71-29-23-26-36-79(71)96-84(72)82(73)77)92-53-93(76-35-25-24-34-75(76)92)83-69(57-41-60(85(6,7)8)47-61(42-57)86(9,10)11)32-28-33-70(83)58-43-62(87(12,13)14)48-63(44-58)88(15,16)17/h23-52,54-55H,53H2,1-22H3/i52D. The first kappa shape index (κ1) is 64.9. The van der Waals surface area contributed by atoms with Gasteiger partial charge >= 0.3 is 0 Å². The van der Waals surface area contributed by atoms with Gasteiger partial charge in [-0.1, -0.05) is 255 Å². The Labute approximate surface area is 578 Å². The van der Waals surface area contributed by atoms with E-state index in [0.29, 0.717) is 12.4 Å². The van der Waals surface area contributed by atoms with Gasteiger partial charge in [-0.2, -0.15) is 0 Å². The van der Waals surface area contributed by atoms with Gasteiger partial charge in [-0.05, 0) is 173 Å². The van der Waals surface area contributed by atoms with E-state index in [1.165, 1.54) is 92.4 Å². The van der Waals surface area contributed by atoms with Crippen molar-refractivity contribution < 1.29 is 6.11 Å². The van der Waals surface area contributed by atoms with E-state index < -0.39 is 0 Å². The molecule has 0 unspecified atom stereocenters. The molecule has 0 bridgehead atoms. The fourth-order valence-corrected chi connectivity index (χ4v) is 15.7. The summed E-state index contributed by atoms with van der Waals surface area (Å²) in [5.74, 6) is 2.70. The van der Waals surface area contributed by atoms with Gasteiger partial charge in [-0.25, -0.2) is 4.98 Å². The summed E-state index contributed by atoms with van der Waals surface area (Å²) in [6, 6.07) is 66.8. The average molecular weight is 1290 g/mol. The van der Waals surface area contributed by atoms with Crippen LogP contribution in [0, 0.1) is 12.3 Å². The molecule has 6 heteroatoms. The van der Waals surface area contributed by atoms with Crippen LogP contribution in [0.2, 0.25) is 0 Å².